The summed E-state index contributed by atoms with van der Waals surface area (Å²) < 4.78 is 66.3. The topological polar surface area (TPSA) is 74.3 Å². The van der Waals surface area contributed by atoms with Crippen LogP contribution < -0.4 is 9.91 Å². The molecule has 0 aliphatic carbocycles. The van der Waals surface area contributed by atoms with E-state index in [9.17, 15) is 9.35 Å². The van der Waals surface area contributed by atoms with E-state index in [1.165, 1.54) is 6.92 Å². The zero-order valence-electron chi connectivity index (χ0n) is 20.0. The summed E-state index contributed by atoms with van der Waals surface area (Å²) >= 11 is 1.17. The second-order valence-electron chi connectivity index (χ2n) is 8.90. The molecule has 11 heteroatoms. The Morgan fingerprint density at radius 1 is 1.19 bits per heavy atom. The number of ether oxygens (including phenoxy) is 1. The summed E-state index contributed by atoms with van der Waals surface area (Å²) in [4.78, 5) is 16.3. The van der Waals surface area contributed by atoms with E-state index in [1.54, 1.807) is 26.8 Å². The smallest absolute Gasteiger partial charge is 0.379 e. The summed E-state index contributed by atoms with van der Waals surface area (Å²) in [5, 5.41) is 0.357. The first-order valence-electron chi connectivity index (χ1n) is 10.7. The first-order chi connectivity index (χ1) is 14.6. The van der Waals surface area contributed by atoms with Crippen molar-refractivity contribution in [1.29, 1.82) is 0 Å². The van der Waals surface area contributed by atoms with Crippen LogP contribution in [0.1, 0.15) is 61.1 Å². The zero-order chi connectivity index (χ0) is 25.1. The lowest BCUT2D eigenvalue weighted by Gasteiger charge is -2.39. The van der Waals surface area contributed by atoms with Crippen LogP contribution in [0.3, 0.4) is 0 Å². The molecule has 184 valence electrons. The van der Waals surface area contributed by atoms with Crippen LogP contribution >= 0.6 is 15.9 Å². The quantitative estimate of drug-likeness (QED) is 0.186. The van der Waals surface area contributed by atoms with Crippen molar-refractivity contribution in [3.63, 3.8) is 0 Å². The molecule has 0 aliphatic rings. The molecule has 0 aliphatic heterocycles. The van der Waals surface area contributed by atoms with Gasteiger partial charge in [-0.3, -0.25) is 0 Å². The number of rotatable bonds is 10. The summed E-state index contributed by atoms with van der Waals surface area (Å²) in [6, 6.07) is 3.67. The maximum Gasteiger partial charge on any atom is 0.379 e. The molecule has 1 aromatic heterocycles. The Labute approximate surface area is 201 Å². The molecule has 1 rings (SSSR count). The van der Waals surface area contributed by atoms with E-state index in [2.05, 4.69) is 30.4 Å². The van der Waals surface area contributed by atoms with Gasteiger partial charge in [0.25, 0.3) is 0 Å². The van der Waals surface area contributed by atoms with Gasteiger partial charge in [-0.15, -0.1) is 4.72 Å². The third-order valence-corrected chi connectivity index (χ3v) is 13.7. The highest BCUT2D eigenvalue weighted by atomic mass is 79.9. The standard InChI is InChI=1S/C21H34BrF3N2O3SSi/c1-9-30-18(28)21(24,25)20(8,27-31(29)19(5,6)7)17-16(23)14(13-15(22)26-17)32(10-2,11-3)12-4/h13,27H,9-12H2,1-8H3/t20?,31-/m1/s1. The molecule has 32 heavy (non-hydrogen) atoms. The van der Waals surface area contributed by atoms with Crippen molar-refractivity contribution >= 4 is 46.5 Å². The lowest BCUT2D eigenvalue weighted by Crippen LogP contribution is -2.63. The molecular formula is C21H34BrF3N2O3SSi. The van der Waals surface area contributed by atoms with E-state index in [0.717, 1.165) is 6.92 Å². The number of pyridine rings is 1. The van der Waals surface area contributed by atoms with Gasteiger partial charge in [0.2, 0.25) is 0 Å². The van der Waals surface area contributed by atoms with Crippen molar-refractivity contribution < 1.29 is 27.3 Å². The van der Waals surface area contributed by atoms with Crippen molar-refractivity contribution in [2.24, 2.45) is 0 Å². The molecule has 1 unspecified atom stereocenters. The Hall–Kier alpha value is -0.623. The maximum atomic E-state index is 16.1. The van der Waals surface area contributed by atoms with E-state index < -0.39 is 53.1 Å². The molecule has 0 fully saturated rings. The third kappa shape index (κ3) is 5.53. The molecule has 0 saturated carbocycles. The highest BCUT2D eigenvalue weighted by Gasteiger charge is 2.64. The SMILES string of the molecule is CCOC(=O)C(F)(F)C(C)(N[S@+]([O-])C(C)(C)C)c1nc(Br)cc([Si](CC)(CC)CC)c1F. The molecular weight excluding hydrogens is 525 g/mol. The number of halogens is 4. The summed E-state index contributed by atoms with van der Waals surface area (Å²) in [6.07, 6.45) is 0. The average molecular weight is 560 g/mol. The fourth-order valence-electron chi connectivity index (χ4n) is 3.56. The van der Waals surface area contributed by atoms with Gasteiger partial charge in [-0.1, -0.05) is 38.9 Å². The van der Waals surface area contributed by atoms with Gasteiger partial charge in [-0.05, 0) is 61.8 Å². The normalized spacial score (nSPS) is 15.9. The first-order valence-corrected chi connectivity index (χ1v) is 15.3. The Bertz CT molecular complexity index is 814. The number of aromatic nitrogens is 1. The molecule has 0 bridgehead atoms. The van der Waals surface area contributed by atoms with Gasteiger partial charge in [0.1, 0.15) is 20.9 Å². The number of carbonyl (C=O) groups is 1. The van der Waals surface area contributed by atoms with E-state index in [1.807, 2.05) is 20.8 Å². The lowest BCUT2D eigenvalue weighted by molar-refractivity contribution is -0.184. The fourth-order valence-corrected chi connectivity index (χ4v) is 8.75. The summed E-state index contributed by atoms with van der Waals surface area (Å²) in [5.74, 6) is -6.99. The number of nitrogens with one attached hydrogen (secondary N) is 1. The molecule has 1 aromatic rings. The minimum Gasteiger partial charge on any atom is -0.598 e. The van der Waals surface area contributed by atoms with Crippen molar-refractivity contribution in [2.75, 3.05) is 6.61 Å². The van der Waals surface area contributed by atoms with Gasteiger partial charge in [0, 0.05) is 11.4 Å². The second kappa shape index (κ2) is 10.8. The van der Waals surface area contributed by atoms with E-state index >= 15 is 13.2 Å². The minimum atomic E-state index is -4.26. The second-order valence-corrected chi connectivity index (χ2v) is 16.9. The molecule has 0 radical (unpaired) electrons. The molecule has 0 aromatic carbocycles. The largest absolute Gasteiger partial charge is 0.598 e. The van der Waals surface area contributed by atoms with Crippen LogP contribution in [0.2, 0.25) is 18.1 Å². The predicted octanol–water partition coefficient (Wildman–Crippen LogP) is 5.16. The number of alkyl halides is 2. The number of carbonyl (C=O) groups excluding carboxylic acids is 1. The number of nitrogens with zero attached hydrogens (tertiary/aromatic N) is 1. The maximum absolute atomic E-state index is 16.1. The van der Waals surface area contributed by atoms with Crippen molar-refractivity contribution in [3.05, 3.63) is 22.2 Å². The Kier molecular flexibility index (Phi) is 9.88. The number of esters is 1. The van der Waals surface area contributed by atoms with Crippen LogP contribution in [0.4, 0.5) is 13.2 Å². The van der Waals surface area contributed by atoms with Crippen molar-refractivity contribution in [2.45, 2.75) is 89.7 Å². The third-order valence-electron chi connectivity index (χ3n) is 6.01. The van der Waals surface area contributed by atoms with Crippen LogP contribution in [0.25, 0.3) is 0 Å². The predicted molar refractivity (Wildman–Crippen MR) is 129 cm³/mol. The molecule has 1 heterocycles. The van der Waals surface area contributed by atoms with Crippen LogP contribution in [0.15, 0.2) is 10.7 Å². The van der Waals surface area contributed by atoms with E-state index in [-0.39, 0.29) is 11.2 Å². The van der Waals surface area contributed by atoms with Crippen LogP contribution in [0.5, 0.6) is 0 Å². The Balaban J connectivity index is 3.95. The van der Waals surface area contributed by atoms with E-state index in [4.69, 9.17) is 0 Å². The van der Waals surface area contributed by atoms with Gasteiger partial charge >= 0.3 is 11.9 Å². The van der Waals surface area contributed by atoms with Crippen LogP contribution in [-0.2, 0) is 26.4 Å². The fraction of sp³-hybridized carbons (Fsp3) is 0.714. The molecule has 2 atom stereocenters. The van der Waals surface area contributed by atoms with Crippen molar-refractivity contribution in [3.8, 4) is 0 Å². The van der Waals surface area contributed by atoms with E-state index in [0.29, 0.717) is 23.3 Å². The van der Waals surface area contributed by atoms with Gasteiger partial charge < -0.3 is 9.29 Å². The van der Waals surface area contributed by atoms with Gasteiger partial charge in [-0.2, -0.15) is 8.78 Å². The monoisotopic (exact) mass is 558 g/mol. The minimum absolute atomic E-state index is 0.172. The van der Waals surface area contributed by atoms with Gasteiger partial charge in [0.15, 0.2) is 5.54 Å². The molecule has 1 N–H and O–H groups in total. The van der Waals surface area contributed by atoms with Crippen molar-refractivity contribution in [1.82, 2.24) is 9.71 Å². The molecule has 0 spiro atoms. The van der Waals surface area contributed by atoms with Gasteiger partial charge in [0.05, 0.1) is 14.7 Å². The summed E-state index contributed by atoms with van der Waals surface area (Å²) in [5.41, 5.74) is -3.39. The van der Waals surface area contributed by atoms with Gasteiger partial charge in [-0.25, -0.2) is 14.2 Å². The van der Waals surface area contributed by atoms with Crippen LogP contribution in [-0.4, -0.2) is 40.9 Å². The highest BCUT2D eigenvalue weighted by molar-refractivity contribution is 9.10. The lowest BCUT2D eigenvalue weighted by atomic mass is 9.90. The molecule has 0 saturated heterocycles. The first kappa shape index (κ1) is 29.4. The highest BCUT2D eigenvalue weighted by Crippen LogP contribution is 2.41. The number of hydrogen-bond acceptors (Lipinski definition) is 5. The van der Waals surface area contributed by atoms with Crippen LogP contribution in [0, 0.1) is 5.82 Å². The molecule has 0 amide bonds. The Morgan fingerprint density at radius 2 is 1.69 bits per heavy atom. The molecule has 5 nitrogen and oxygen atoms in total. The average Bonchev–Trinajstić information content (AvgIpc) is 2.70. The number of hydrogen-bond donors (Lipinski definition) is 1. The zero-order valence-corrected chi connectivity index (χ0v) is 23.4. The summed E-state index contributed by atoms with van der Waals surface area (Å²) in [7, 11) is -2.37. The Morgan fingerprint density at radius 3 is 2.09 bits per heavy atom. The summed E-state index contributed by atoms with van der Waals surface area (Å²) in [6.45, 7) is 12.7.